The van der Waals surface area contributed by atoms with E-state index in [-0.39, 0.29) is 24.2 Å². The Balaban J connectivity index is 1.45. The number of amides is 1. The second-order valence-electron chi connectivity index (χ2n) is 5.68. The number of halogens is 2. The van der Waals surface area contributed by atoms with Crippen LogP contribution in [0.1, 0.15) is 10.4 Å². The molecule has 4 rings (SSSR count). The van der Waals surface area contributed by atoms with Gasteiger partial charge >= 0.3 is 0 Å². The van der Waals surface area contributed by atoms with Crippen LogP contribution in [-0.2, 0) is 0 Å². The summed E-state index contributed by atoms with van der Waals surface area (Å²) in [7, 11) is 0. The number of fused-ring (bicyclic) bond motifs is 1. The molecule has 136 valence electrons. The Morgan fingerprint density at radius 1 is 1.00 bits per heavy atom. The van der Waals surface area contributed by atoms with Crippen molar-refractivity contribution < 1.29 is 23.0 Å². The molecular formula is C19H13F2N3O3. The monoisotopic (exact) mass is 369 g/mol. The molecule has 2 aromatic carbocycles. The first-order valence-electron chi connectivity index (χ1n) is 7.98. The third-order valence-corrected chi connectivity index (χ3v) is 3.87. The molecule has 2 heterocycles. The van der Waals surface area contributed by atoms with Crippen LogP contribution in [0.4, 0.5) is 26.0 Å². The van der Waals surface area contributed by atoms with Crippen LogP contribution in [0.15, 0.2) is 54.7 Å². The molecule has 27 heavy (non-hydrogen) atoms. The largest absolute Gasteiger partial charge is 0.454 e. The summed E-state index contributed by atoms with van der Waals surface area (Å²) in [5.41, 5.74) is 0.494. The van der Waals surface area contributed by atoms with Crippen LogP contribution < -0.4 is 20.1 Å². The number of pyridine rings is 1. The number of aromatic nitrogens is 1. The van der Waals surface area contributed by atoms with E-state index in [0.717, 1.165) is 12.1 Å². The maximum atomic E-state index is 13.7. The second-order valence-corrected chi connectivity index (χ2v) is 5.68. The van der Waals surface area contributed by atoms with Gasteiger partial charge in [-0.1, -0.05) is 6.07 Å². The maximum Gasteiger partial charge on any atom is 0.256 e. The van der Waals surface area contributed by atoms with Gasteiger partial charge in [-0.15, -0.1) is 0 Å². The molecule has 1 amide bonds. The third-order valence-electron chi connectivity index (χ3n) is 3.87. The molecule has 0 saturated carbocycles. The third kappa shape index (κ3) is 3.50. The summed E-state index contributed by atoms with van der Waals surface area (Å²) in [5.74, 6) is -0.424. The summed E-state index contributed by atoms with van der Waals surface area (Å²) in [6.45, 7) is 0.124. The van der Waals surface area contributed by atoms with Gasteiger partial charge in [-0.05, 0) is 42.5 Å². The molecule has 0 radical (unpaired) electrons. The van der Waals surface area contributed by atoms with Crippen molar-refractivity contribution in [1.82, 2.24) is 4.98 Å². The normalized spacial score (nSPS) is 11.9. The van der Waals surface area contributed by atoms with Gasteiger partial charge in [0.05, 0.1) is 11.9 Å². The first kappa shape index (κ1) is 16.8. The SMILES string of the molecule is O=C(Nc1ccc(Nc2c(F)cccc2F)cn1)c1ccc2c(c1)OCO2. The maximum absolute atomic E-state index is 13.7. The van der Waals surface area contributed by atoms with Crippen LogP contribution in [0.3, 0.4) is 0 Å². The van der Waals surface area contributed by atoms with Gasteiger partial charge in [0.2, 0.25) is 6.79 Å². The van der Waals surface area contributed by atoms with Gasteiger partial charge in [-0.3, -0.25) is 4.79 Å². The highest BCUT2D eigenvalue weighted by molar-refractivity contribution is 6.04. The van der Waals surface area contributed by atoms with Crippen molar-refractivity contribution in [2.75, 3.05) is 17.4 Å². The van der Waals surface area contributed by atoms with Gasteiger partial charge in [0.25, 0.3) is 5.91 Å². The molecule has 8 heteroatoms. The average Bonchev–Trinajstić information content (AvgIpc) is 3.14. The fraction of sp³-hybridized carbons (Fsp3) is 0.0526. The average molecular weight is 369 g/mol. The molecule has 6 nitrogen and oxygen atoms in total. The summed E-state index contributed by atoms with van der Waals surface area (Å²) in [6, 6.07) is 11.5. The van der Waals surface area contributed by atoms with Gasteiger partial charge < -0.3 is 20.1 Å². The number of carbonyl (C=O) groups excluding carboxylic acids is 1. The Labute approximate surface area is 152 Å². The van der Waals surface area contributed by atoms with Crippen molar-refractivity contribution in [2.45, 2.75) is 0 Å². The second kappa shape index (κ2) is 6.91. The Morgan fingerprint density at radius 2 is 1.78 bits per heavy atom. The van der Waals surface area contributed by atoms with Crippen LogP contribution in [0.25, 0.3) is 0 Å². The quantitative estimate of drug-likeness (QED) is 0.725. The number of nitrogens with zero attached hydrogens (tertiary/aromatic N) is 1. The van der Waals surface area contributed by atoms with Crippen LogP contribution in [0.2, 0.25) is 0 Å². The summed E-state index contributed by atoms with van der Waals surface area (Å²) >= 11 is 0. The fourth-order valence-corrected chi connectivity index (χ4v) is 2.53. The fourth-order valence-electron chi connectivity index (χ4n) is 2.53. The Hall–Kier alpha value is -3.68. The number of carbonyl (C=O) groups is 1. The standard InChI is InChI=1S/C19H13F2N3O3/c20-13-2-1-3-14(21)18(13)23-12-5-7-17(22-9-12)24-19(25)11-4-6-15-16(8-11)27-10-26-15/h1-9,23H,10H2,(H,22,24,25). The predicted molar refractivity (Wildman–Crippen MR) is 94.4 cm³/mol. The molecule has 1 aliphatic heterocycles. The van der Waals surface area contributed by atoms with Gasteiger partial charge in [-0.2, -0.15) is 0 Å². The van der Waals surface area contributed by atoms with E-state index in [2.05, 4.69) is 15.6 Å². The molecule has 2 N–H and O–H groups in total. The molecule has 0 aliphatic carbocycles. The lowest BCUT2D eigenvalue weighted by Gasteiger charge is -2.09. The van der Waals surface area contributed by atoms with Gasteiger partial charge in [-0.25, -0.2) is 13.8 Å². The van der Waals surface area contributed by atoms with Crippen LogP contribution >= 0.6 is 0 Å². The van der Waals surface area contributed by atoms with Crippen LogP contribution in [0, 0.1) is 11.6 Å². The number of ether oxygens (including phenoxy) is 2. The molecule has 0 fully saturated rings. The van der Waals surface area contributed by atoms with Crippen molar-refractivity contribution in [3.05, 3.63) is 71.9 Å². The number of benzene rings is 2. The Bertz CT molecular complexity index is 989. The molecule has 0 atom stereocenters. The summed E-state index contributed by atoms with van der Waals surface area (Å²) in [4.78, 5) is 16.4. The lowest BCUT2D eigenvalue weighted by molar-refractivity contribution is 0.102. The topological polar surface area (TPSA) is 72.5 Å². The molecule has 3 aromatic rings. The molecule has 1 aliphatic rings. The van der Waals surface area contributed by atoms with Crippen molar-refractivity contribution in [1.29, 1.82) is 0 Å². The van der Waals surface area contributed by atoms with Gasteiger partial charge in [0.1, 0.15) is 23.1 Å². The minimum Gasteiger partial charge on any atom is -0.454 e. The summed E-state index contributed by atoms with van der Waals surface area (Å²) < 4.78 is 37.8. The van der Waals surface area contributed by atoms with Gasteiger partial charge in [0, 0.05) is 5.56 Å². The zero-order valence-corrected chi connectivity index (χ0v) is 13.8. The number of hydrogen-bond acceptors (Lipinski definition) is 5. The number of hydrogen-bond donors (Lipinski definition) is 2. The van der Waals surface area contributed by atoms with E-state index in [1.807, 2.05) is 0 Å². The van der Waals surface area contributed by atoms with Crippen molar-refractivity contribution in [2.24, 2.45) is 0 Å². The number of para-hydroxylation sites is 1. The number of nitrogens with one attached hydrogen (secondary N) is 2. The Morgan fingerprint density at radius 3 is 2.52 bits per heavy atom. The first-order valence-corrected chi connectivity index (χ1v) is 7.98. The predicted octanol–water partition coefficient (Wildman–Crippen LogP) is 4.08. The highest BCUT2D eigenvalue weighted by Gasteiger charge is 2.16. The molecule has 0 unspecified atom stereocenters. The zero-order chi connectivity index (χ0) is 18.8. The summed E-state index contributed by atoms with van der Waals surface area (Å²) in [6.07, 6.45) is 1.36. The molecule has 0 bridgehead atoms. The minimum atomic E-state index is -0.713. The van der Waals surface area contributed by atoms with Crippen LogP contribution in [0.5, 0.6) is 11.5 Å². The zero-order valence-electron chi connectivity index (χ0n) is 13.8. The van der Waals surface area contributed by atoms with E-state index < -0.39 is 11.6 Å². The van der Waals surface area contributed by atoms with Crippen molar-refractivity contribution in [3.63, 3.8) is 0 Å². The minimum absolute atomic E-state index is 0.124. The van der Waals surface area contributed by atoms with Crippen molar-refractivity contribution in [3.8, 4) is 11.5 Å². The first-order chi connectivity index (χ1) is 13.1. The molecule has 0 spiro atoms. The molecule has 1 aromatic heterocycles. The Kier molecular flexibility index (Phi) is 4.29. The number of anilines is 3. The molecule has 0 saturated heterocycles. The van der Waals surface area contributed by atoms with E-state index >= 15 is 0 Å². The summed E-state index contributed by atoms with van der Waals surface area (Å²) in [5, 5.41) is 5.27. The smallest absolute Gasteiger partial charge is 0.256 e. The van der Waals surface area contributed by atoms with E-state index in [4.69, 9.17) is 9.47 Å². The van der Waals surface area contributed by atoms with E-state index in [1.54, 1.807) is 24.3 Å². The van der Waals surface area contributed by atoms with E-state index in [0.29, 0.717) is 22.7 Å². The van der Waals surface area contributed by atoms with E-state index in [1.165, 1.54) is 18.3 Å². The van der Waals surface area contributed by atoms with Crippen LogP contribution in [-0.4, -0.2) is 17.7 Å². The van der Waals surface area contributed by atoms with Crippen molar-refractivity contribution >= 4 is 23.1 Å². The highest BCUT2D eigenvalue weighted by Crippen LogP contribution is 2.32. The molecular weight excluding hydrogens is 356 g/mol. The van der Waals surface area contributed by atoms with Gasteiger partial charge in [0.15, 0.2) is 11.5 Å². The lowest BCUT2D eigenvalue weighted by Crippen LogP contribution is -2.12. The van der Waals surface area contributed by atoms with E-state index in [9.17, 15) is 13.6 Å². The highest BCUT2D eigenvalue weighted by atomic mass is 19.1. The number of rotatable bonds is 4. The lowest BCUT2D eigenvalue weighted by atomic mass is 10.2.